The van der Waals surface area contributed by atoms with E-state index < -0.39 is 51.1 Å². The molecule has 0 aromatic carbocycles. The Morgan fingerprint density at radius 1 is 0.660 bits per heavy atom. The molecule has 0 bridgehead atoms. The minimum atomic E-state index is -4.73. The van der Waals surface area contributed by atoms with Crippen LogP contribution in [-0.4, -0.2) is 71.1 Å². The lowest BCUT2D eigenvalue weighted by Crippen LogP contribution is -2.34. The van der Waals surface area contributed by atoms with Crippen LogP contribution in [0.25, 0.3) is 0 Å². The van der Waals surface area contributed by atoms with Crippen LogP contribution in [-0.2, 0) is 37.5 Å². The van der Waals surface area contributed by atoms with E-state index in [1.807, 2.05) is 18.2 Å². The smallest absolute Gasteiger partial charge is 0.472 e. The van der Waals surface area contributed by atoms with Crippen molar-refractivity contribution in [2.24, 2.45) is 5.73 Å². The Morgan fingerprint density at radius 3 is 1.74 bits per heavy atom. The van der Waals surface area contributed by atoms with Crippen molar-refractivity contribution in [3.8, 4) is 0 Å². The van der Waals surface area contributed by atoms with E-state index in [1.54, 1.807) is 0 Å². The Balaban J connectivity index is 4.52. The summed E-state index contributed by atoms with van der Waals surface area (Å²) in [4.78, 5) is 45.7. The molecule has 0 aromatic heterocycles. The van der Waals surface area contributed by atoms with Crippen LogP contribution in [0.4, 0.5) is 0 Å². The lowest BCUT2D eigenvalue weighted by molar-refractivity contribution is -0.161. The van der Waals surface area contributed by atoms with Crippen molar-refractivity contribution in [1.82, 2.24) is 0 Å². The molecule has 12 nitrogen and oxygen atoms in total. The molecule has 13 heteroatoms. The zero-order valence-electron chi connectivity index (χ0n) is 32.5. The van der Waals surface area contributed by atoms with Crippen LogP contribution >= 0.6 is 7.82 Å². The van der Waals surface area contributed by atoms with Crippen molar-refractivity contribution < 1.29 is 52.6 Å². The molecule has 5 N–H and O–H groups in total. The number of phosphoric ester groups is 1. The van der Waals surface area contributed by atoms with Crippen LogP contribution in [0.2, 0.25) is 0 Å². The Kier molecular flexibility index (Phi) is 33.4. The number of nitrogens with two attached hydrogens (primary N) is 1. The number of ether oxygens (including phenoxy) is 2. The Hall–Kier alpha value is -2.60. The molecular formula is C40H70NO11P. The van der Waals surface area contributed by atoms with E-state index in [9.17, 15) is 28.9 Å². The van der Waals surface area contributed by atoms with Crippen molar-refractivity contribution in [2.45, 2.75) is 167 Å². The zero-order valence-corrected chi connectivity index (χ0v) is 33.3. The van der Waals surface area contributed by atoms with Crippen molar-refractivity contribution in [1.29, 1.82) is 0 Å². The molecule has 0 heterocycles. The summed E-state index contributed by atoms with van der Waals surface area (Å²) in [6, 6.07) is -1.53. The molecule has 0 amide bonds. The van der Waals surface area contributed by atoms with Crippen molar-refractivity contribution in [3.63, 3.8) is 0 Å². The second-order valence-electron chi connectivity index (χ2n) is 13.2. The molecule has 0 aliphatic carbocycles. The molecule has 2 unspecified atom stereocenters. The standard InChI is InChI=1S/C40H70NO11P/c1-3-5-6-7-8-9-13-18-21-24-27-31-39(44)52-36(33-50-53(47,48)51-34-37(41)40(45)46)32-49-38(43)30-26-23-20-17-15-12-10-11-14-16-19-22-25-29-35(42)28-4-2/h10,12,14,16-17,20,22,25,35-37,42H,3-9,11,13,15,18-19,21,23-24,26-34,41H2,1-2H3,(H,45,46)(H,47,48)/b12-10-,16-14-,20-17-,25-22-/t35?,36-,37+/m1/s1. The number of esters is 2. The van der Waals surface area contributed by atoms with E-state index in [4.69, 9.17) is 24.8 Å². The van der Waals surface area contributed by atoms with Crippen LogP contribution < -0.4 is 5.73 Å². The number of rotatable bonds is 36. The summed E-state index contributed by atoms with van der Waals surface area (Å²) in [6.07, 6.45) is 34.0. The van der Waals surface area contributed by atoms with Gasteiger partial charge >= 0.3 is 25.7 Å². The number of phosphoric acid groups is 1. The van der Waals surface area contributed by atoms with Gasteiger partial charge < -0.3 is 30.3 Å². The molecule has 0 saturated carbocycles. The van der Waals surface area contributed by atoms with Gasteiger partial charge in [-0.2, -0.15) is 0 Å². The summed E-state index contributed by atoms with van der Waals surface area (Å²) < 4.78 is 32.5. The first-order valence-electron chi connectivity index (χ1n) is 19.7. The molecule has 0 aliphatic heterocycles. The summed E-state index contributed by atoms with van der Waals surface area (Å²) in [6.45, 7) is 2.51. The predicted molar refractivity (Wildman–Crippen MR) is 209 cm³/mol. The molecule has 53 heavy (non-hydrogen) atoms. The number of hydrogen-bond acceptors (Lipinski definition) is 10. The largest absolute Gasteiger partial charge is 0.480 e. The maximum atomic E-state index is 12.5. The monoisotopic (exact) mass is 771 g/mol. The van der Waals surface area contributed by atoms with Crippen LogP contribution in [0, 0.1) is 0 Å². The third kappa shape index (κ3) is 34.9. The van der Waals surface area contributed by atoms with Gasteiger partial charge in [0.1, 0.15) is 12.6 Å². The fraction of sp³-hybridized carbons (Fsp3) is 0.725. The highest BCUT2D eigenvalue weighted by Crippen LogP contribution is 2.43. The SMILES string of the molecule is CCCCCCCCCCCCCC(=O)O[C@H](COC(=O)CCC/C=C\C/C=C\C/C=C\C/C=C\CC(O)CCC)COP(=O)(O)OC[C@H](N)C(=O)O. The second-order valence-corrected chi connectivity index (χ2v) is 14.7. The number of carbonyl (C=O) groups excluding carboxylic acids is 2. The van der Waals surface area contributed by atoms with E-state index in [2.05, 4.69) is 48.8 Å². The highest BCUT2D eigenvalue weighted by atomic mass is 31.2. The third-order valence-corrected chi connectivity index (χ3v) is 9.09. The summed E-state index contributed by atoms with van der Waals surface area (Å²) >= 11 is 0. The number of aliphatic carboxylic acids is 1. The van der Waals surface area contributed by atoms with Gasteiger partial charge in [0.2, 0.25) is 0 Å². The topological polar surface area (TPSA) is 192 Å². The van der Waals surface area contributed by atoms with E-state index >= 15 is 0 Å². The van der Waals surface area contributed by atoms with Crippen LogP contribution in [0.15, 0.2) is 48.6 Å². The van der Waals surface area contributed by atoms with Gasteiger partial charge in [0.25, 0.3) is 0 Å². The third-order valence-electron chi connectivity index (χ3n) is 8.14. The molecule has 306 valence electrons. The van der Waals surface area contributed by atoms with Crippen LogP contribution in [0.5, 0.6) is 0 Å². The average Bonchev–Trinajstić information content (AvgIpc) is 3.12. The van der Waals surface area contributed by atoms with E-state index in [1.165, 1.54) is 44.9 Å². The maximum Gasteiger partial charge on any atom is 0.472 e. The average molecular weight is 772 g/mol. The lowest BCUT2D eigenvalue weighted by Gasteiger charge is -2.20. The molecule has 0 spiro atoms. The molecule has 0 aliphatic rings. The number of aliphatic hydroxyl groups excluding tert-OH is 1. The molecule has 0 aromatic rings. The summed E-state index contributed by atoms with van der Waals surface area (Å²) in [7, 11) is -4.73. The number of allylic oxidation sites excluding steroid dienone is 7. The van der Waals surface area contributed by atoms with Gasteiger partial charge in [0.05, 0.1) is 19.3 Å². The molecule has 4 atom stereocenters. The highest BCUT2D eigenvalue weighted by Gasteiger charge is 2.28. The van der Waals surface area contributed by atoms with E-state index in [0.717, 1.165) is 51.4 Å². The van der Waals surface area contributed by atoms with Crippen LogP contribution in [0.1, 0.15) is 149 Å². The first kappa shape index (κ1) is 50.4. The van der Waals surface area contributed by atoms with Gasteiger partial charge in [-0.25, -0.2) is 4.57 Å². The quantitative estimate of drug-likeness (QED) is 0.0205. The van der Waals surface area contributed by atoms with Gasteiger partial charge in [-0.1, -0.05) is 133 Å². The molecule has 0 rings (SSSR count). The van der Waals surface area contributed by atoms with Gasteiger partial charge in [0.15, 0.2) is 6.10 Å². The summed E-state index contributed by atoms with van der Waals surface area (Å²) in [5.74, 6) is -2.48. The zero-order chi connectivity index (χ0) is 39.4. The van der Waals surface area contributed by atoms with E-state index in [0.29, 0.717) is 25.7 Å². The van der Waals surface area contributed by atoms with Crippen molar-refractivity contribution in [2.75, 3.05) is 19.8 Å². The molecule has 0 fully saturated rings. The molecular weight excluding hydrogens is 701 g/mol. The number of hydrogen-bond donors (Lipinski definition) is 4. The van der Waals surface area contributed by atoms with Gasteiger partial charge in [0, 0.05) is 12.8 Å². The first-order valence-corrected chi connectivity index (χ1v) is 21.2. The van der Waals surface area contributed by atoms with Crippen molar-refractivity contribution in [3.05, 3.63) is 48.6 Å². The summed E-state index contributed by atoms with van der Waals surface area (Å²) in [5, 5.41) is 18.6. The Morgan fingerprint density at radius 2 is 1.17 bits per heavy atom. The highest BCUT2D eigenvalue weighted by molar-refractivity contribution is 7.47. The number of carbonyl (C=O) groups is 3. The summed E-state index contributed by atoms with van der Waals surface area (Å²) in [5.41, 5.74) is 5.31. The lowest BCUT2D eigenvalue weighted by atomic mass is 10.1. The van der Waals surface area contributed by atoms with E-state index in [-0.39, 0.29) is 25.6 Å². The van der Waals surface area contributed by atoms with Gasteiger partial charge in [-0.3, -0.25) is 23.4 Å². The number of carboxylic acids is 1. The Labute approximate surface area is 318 Å². The number of carboxylic acid groups (broad SMARTS) is 1. The maximum absolute atomic E-state index is 12.5. The fourth-order valence-corrected chi connectivity index (χ4v) is 5.79. The number of aliphatic hydroxyl groups is 1. The minimum Gasteiger partial charge on any atom is -0.480 e. The Bertz CT molecular complexity index is 1110. The van der Waals surface area contributed by atoms with Crippen molar-refractivity contribution >= 4 is 25.7 Å². The predicted octanol–water partition coefficient (Wildman–Crippen LogP) is 8.80. The normalized spacial score (nSPS) is 15.0. The molecule has 0 saturated heterocycles. The first-order chi connectivity index (χ1) is 25.5. The minimum absolute atomic E-state index is 0.131. The second kappa shape index (κ2) is 35.1. The number of unbranched alkanes of at least 4 members (excludes halogenated alkanes) is 11. The van der Waals surface area contributed by atoms with Gasteiger partial charge in [-0.15, -0.1) is 0 Å². The van der Waals surface area contributed by atoms with Crippen LogP contribution in [0.3, 0.4) is 0 Å². The fourth-order valence-electron chi connectivity index (χ4n) is 5.01. The molecule has 0 radical (unpaired) electrons. The van der Waals surface area contributed by atoms with Gasteiger partial charge in [-0.05, 0) is 51.4 Å².